The van der Waals surface area contributed by atoms with Gasteiger partial charge in [0.1, 0.15) is 6.54 Å². The molecule has 0 aromatic heterocycles. The molecule has 3 aromatic carbocycles. The zero-order valence-corrected chi connectivity index (χ0v) is 23.7. The van der Waals surface area contributed by atoms with Crippen LogP contribution in [0.3, 0.4) is 0 Å². The molecule has 1 aliphatic heterocycles. The fraction of sp³-hybridized carbons (Fsp3) is 0.219. The third-order valence-electron chi connectivity index (χ3n) is 6.68. The largest absolute Gasteiger partial charge is 0.491 e. The molecule has 45 heavy (non-hydrogen) atoms. The fourth-order valence-electron chi connectivity index (χ4n) is 4.61. The highest BCUT2D eigenvalue weighted by Gasteiger charge is 2.43. The van der Waals surface area contributed by atoms with E-state index in [2.05, 4.69) is 21.9 Å². The van der Waals surface area contributed by atoms with Gasteiger partial charge in [0, 0.05) is 24.6 Å². The molecule has 0 spiro atoms. The highest BCUT2D eigenvalue weighted by atomic mass is 19.4. The van der Waals surface area contributed by atoms with Crippen LogP contribution >= 0.6 is 0 Å². The Bertz CT molecular complexity index is 1650. The predicted molar refractivity (Wildman–Crippen MR) is 155 cm³/mol. The van der Waals surface area contributed by atoms with Crippen molar-refractivity contribution in [2.45, 2.75) is 25.2 Å². The lowest BCUT2D eigenvalue weighted by atomic mass is 10.00. The summed E-state index contributed by atoms with van der Waals surface area (Å²) < 4.78 is 42.4. The molecule has 0 saturated carbocycles. The number of nitrogens with one attached hydrogen (secondary N) is 1. The van der Waals surface area contributed by atoms with Crippen LogP contribution in [-0.2, 0) is 30.5 Å². The average Bonchev–Trinajstić information content (AvgIpc) is 3.12. The Morgan fingerprint density at radius 1 is 0.978 bits per heavy atom. The predicted octanol–water partition coefficient (Wildman–Crippen LogP) is 2.87. The summed E-state index contributed by atoms with van der Waals surface area (Å²) in [7, 11) is 0. The van der Waals surface area contributed by atoms with Crippen LogP contribution in [0.2, 0.25) is 0 Å². The van der Waals surface area contributed by atoms with Crippen molar-refractivity contribution in [2.24, 2.45) is 5.73 Å². The molecular weight excluding hydrogens is 593 g/mol. The number of hydrogen-bond donors (Lipinski definition) is 2. The Balaban J connectivity index is 1.78. The Labute approximate surface area is 255 Å². The van der Waals surface area contributed by atoms with Crippen LogP contribution in [0.25, 0.3) is 0 Å². The van der Waals surface area contributed by atoms with Gasteiger partial charge >= 0.3 is 18.1 Å². The first-order chi connectivity index (χ1) is 21.5. The van der Waals surface area contributed by atoms with E-state index < -0.39 is 54.8 Å². The van der Waals surface area contributed by atoms with Crippen molar-refractivity contribution in [3.63, 3.8) is 0 Å². The minimum Gasteiger partial charge on any atom is -0.386 e. The molecule has 0 radical (unpaired) electrons. The minimum atomic E-state index is -5.41. The van der Waals surface area contributed by atoms with Crippen LogP contribution in [-0.4, -0.2) is 60.4 Å². The summed E-state index contributed by atoms with van der Waals surface area (Å²) in [5.74, 6) is -1.06. The number of hydrogen-bond acceptors (Lipinski definition) is 7. The number of esters is 2. The SMILES string of the molecule is NCCNC(=O)C#Cc1ccc2c(c1)C(=O)N(C(CC(=O)OC(=O)C(F)(F)F)c1ccccc1)CC(=O)N2Cc1ccccc1. The summed E-state index contributed by atoms with van der Waals surface area (Å²) >= 11 is 0. The number of ether oxygens (including phenoxy) is 1. The number of benzene rings is 3. The molecule has 0 aliphatic carbocycles. The van der Waals surface area contributed by atoms with E-state index in [0.29, 0.717) is 5.56 Å². The van der Waals surface area contributed by atoms with Crippen molar-refractivity contribution in [2.75, 3.05) is 24.5 Å². The molecule has 0 saturated heterocycles. The van der Waals surface area contributed by atoms with Gasteiger partial charge in [-0.15, -0.1) is 0 Å². The average molecular weight is 621 g/mol. The van der Waals surface area contributed by atoms with Gasteiger partial charge in [-0.1, -0.05) is 66.6 Å². The van der Waals surface area contributed by atoms with Gasteiger partial charge in [0.2, 0.25) is 5.91 Å². The summed E-state index contributed by atoms with van der Waals surface area (Å²) in [6.07, 6.45) is -6.28. The fourth-order valence-corrected chi connectivity index (χ4v) is 4.61. The molecule has 1 heterocycles. The first-order valence-corrected chi connectivity index (χ1v) is 13.6. The molecule has 232 valence electrons. The van der Waals surface area contributed by atoms with Crippen molar-refractivity contribution >= 4 is 35.3 Å². The third kappa shape index (κ3) is 8.33. The Hall–Kier alpha value is -5.48. The number of nitrogens with two attached hydrogens (primary N) is 1. The summed E-state index contributed by atoms with van der Waals surface area (Å²) in [6.45, 7) is -0.0801. The number of carbonyl (C=O) groups excluding carboxylic acids is 5. The maximum absolute atomic E-state index is 14.2. The third-order valence-corrected chi connectivity index (χ3v) is 6.68. The number of anilines is 1. The standard InChI is InChI=1S/C32H27F3N4O6/c33-32(34,35)31(44)45-29(42)18-26(23-9-5-2-6-10-23)39-20-28(41)38(19-22-7-3-1-4-8-22)25-13-11-21(17-24(25)30(39)43)12-14-27(40)37-16-15-36/h1-11,13,17,26H,15-16,18-20,36H2,(H,37,40). The number of amides is 3. The van der Waals surface area contributed by atoms with Gasteiger partial charge in [0.25, 0.3) is 11.8 Å². The van der Waals surface area contributed by atoms with Crippen molar-refractivity contribution in [1.29, 1.82) is 0 Å². The van der Waals surface area contributed by atoms with Crippen LogP contribution in [0.5, 0.6) is 0 Å². The number of carbonyl (C=O) groups is 5. The van der Waals surface area contributed by atoms with Crippen molar-refractivity contribution < 1.29 is 41.9 Å². The lowest BCUT2D eigenvalue weighted by molar-refractivity contribution is -0.202. The molecule has 3 N–H and O–H groups in total. The van der Waals surface area contributed by atoms with Gasteiger partial charge in [-0.3, -0.25) is 19.2 Å². The van der Waals surface area contributed by atoms with Crippen molar-refractivity contribution in [1.82, 2.24) is 10.2 Å². The first-order valence-electron chi connectivity index (χ1n) is 13.6. The molecule has 0 bridgehead atoms. The Morgan fingerprint density at radius 3 is 2.29 bits per heavy atom. The monoisotopic (exact) mass is 620 g/mol. The molecule has 10 nitrogen and oxygen atoms in total. The number of nitrogens with zero attached hydrogens (tertiary/aromatic N) is 2. The maximum Gasteiger partial charge on any atom is 0.491 e. The quantitative estimate of drug-likeness (QED) is 0.224. The van der Waals surface area contributed by atoms with Gasteiger partial charge in [-0.05, 0) is 29.3 Å². The molecule has 0 fully saturated rings. The number of halogens is 3. The number of fused-ring (bicyclic) bond motifs is 1. The second-order valence-corrected chi connectivity index (χ2v) is 9.81. The van der Waals surface area contributed by atoms with Crippen molar-refractivity contribution in [3.05, 3.63) is 101 Å². The zero-order valence-electron chi connectivity index (χ0n) is 23.7. The molecule has 3 aromatic rings. The number of rotatable bonds is 8. The molecule has 3 amide bonds. The zero-order chi connectivity index (χ0) is 32.6. The van der Waals surface area contributed by atoms with E-state index in [-0.39, 0.29) is 36.4 Å². The first kappa shape index (κ1) is 32.4. The lowest BCUT2D eigenvalue weighted by Crippen LogP contribution is -2.42. The van der Waals surface area contributed by atoms with E-state index >= 15 is 0 Å². The number of alkyl halides is 3. The highest BCUT2D eigenvalue weighted by Crippen LogP contribution is 2.34. The normalized spacial score (nSPS) is 13.6. The van der Waals surface area contributed by atoms with E-state index in [1.54, 1.807) is 48.5 Å². The molecule has 1 atom stereocenters. The van der Waals surface area contributed by atoms with Crippen LogP contribution in [0, 0.1) is 11.8 Å². The molecular formula is C32H27F3N4O6. The van der Waals surface area contributed by atoms with Gasteiger partial charge in [-0.2, -0.15) is 13.2 Å². The van der Waals surface area contributed by atoms with Gasteiger partial charge < -0.3 is 25.6 Å². The summed E-state index contributed by atoms with van der Waals surface area (Å²) in [5.41, 5.74) is 6.90. The smallest absolute Gasteiger partial charge is 0.386 e. The van der Waals surface area contributed by atoms with E-state index in [9.17, 15) is 37.1 Å². The minimum absolute atomic E-state index is 0.00776. The van der Waals surface area contributed by atoms with Crippen molar-refractivity contribution in [3.8, 4) is 11.8 Å². The van der Waals surface area contributed by atoms with Crippen LogP contribution in [0.4, 0.5) is 18.9 Å². The van der Waals surface area contributed by atoms with E-state index in [1.807, 2.05) is 0 Å². The van der Waals surface area contributed by atoms with E-state index in [0.717, 1.165) is 10.5 Å². The van der Waals surface area contributed by atoms with Gasteiger partial charge in [0.15, 0.2) is 0 Å². The molecule has 13 heteroatoms. The molecule has 1 unspecified atom stereocenters. The topological polar surface area (TPSA) is 139 Å². The maximum atomic E-state index is 14.2. The summed E-state index contributed by atoms with van der Waals surface area (Å²) in [4.78, 5) is 66.4. The Kier molecular flexibility index (Phi) is 10.3. The van der Waals surface area contributed by atoms with Crippen LogP contribution in [0.1, 0.15) is 39.5 Å². The lowest BCUT2D eigenvalue weighted by Gasteiger charge is -2.30. The second-order valence-electron chi connectivity index (χ2n) is 9.81. The summed E-state index contributed by atoms with van der Waals surface area (Å²) in [5, 5.41) is 2.50. The van der Waals surface area contributed by atoms with Gasteiger partial charge in [-0.25, -0.2) is 4.79 Å². The van der Waals surface area contributed by atoms with Crippen LogP contribution < -0.4 is 16.0 Å². The molecule has 4 rings (SSSR count). The van der Waals surface area contributed by atoms with E-state index in [4.69, 9.17) is 5.73 Å². The van der Waals surface area contributed by atoms with Crippen LogP contribution in [0.15, 0.2) is 78.9 Å². The second kappa shape index (κ2) is 14.3. The molecule has 1 aliphatic rings. The Morgan fingerprint density at radius 2 is 1.64 bits per heavy atom. The highest BCUT2D eigenvalue weighted by molar-refractivity contribution is 6.10. The van der Waals surface area contributed by atoms with Gasteiger partial charge in [0.05, 0.1) is 30.3 Å². The van der Waals surface area contributed by atoms with E-state index in [1.165, 1.54) is 35.2 Å². The summed E-state index contributed by atoms with van der Waals surface area (Å²) in [6, 6.07) is 19.9.